The molecule has 0 aromatic carbocycles. The summed E-state index contributed by atoms with van der Waals surface area (Å²) in [5.41, 5.74) is 0. The van der Waals surface area contributed by atoms with Crippen molar-refractivity contribution in [1.29, 1.82) is 0 Å². The maximum Gasteiger partial charge on any atom is 0.246 e. The zero-order valence-electron chi connectivity index (χ0n) is 12.3. The summed E-state index contributed by atoms with van der Waals surface area (Å²) in [5.74, 6) is 0.218. The first-order valence-corrected chi connectivity index (χ1v) is 8.61. The molecule has 0 saturated carbocycles. The lowest BCUT2D eigenvalue weighted by Crippen LogP contribution is -2.41. The Labute approximate surface area is 123 Å². The molecule has 0 bridgehead atoms. The summed E-state index contributed by atoms with van der Waals surface area (Å²) in [6, 6.07) is -0.257. The van der Waals surface area contributed by atoms with E-state index < -0.39 is 10.0 Å². The fraction of sp³-hybridized carbons (Fsp3) is 0.818. The first-order valence-electron chi connectivity index (χ1n) is 6.72. The molecule has 1 aliphatic rings. The first-order chi connectivity index (χ1) is 9.76. The summed E-state index contributed by atoms with van der Waals surface area (Å²) in [6.07, 6.45) is 2.40. The lowest BCUT2D eigenvalue weighted by atomic mass is 9.92. The molecule has 0 radical (unpaired) electrons. The molecule has 1 aromatic rings. The summed E-state index contributed by atoms with van der Waals surface area (Å²) in [6.45, 7) is 4.95. The SMILES string of the molecule is CC(C)[C@@H]1CN(C(=O)Cn2ncnn2)C[C@H]1NS(C)(=O)=O. The Morgan fingerprint density at radius 3 is 2.67 bits per heavy atom. The standard InChI is InChI=1S/C11H20N6O3S/c1-8(2)9-4-16(5-10(9)14-21(3,19)20)11(18)6-17-13-7-12-15-17/h7-10,14H,4-6H2,1-3H3/t9-,10+/m0/s1. The number of aromatic nitrogens is 4. The van der Waals surface area contributed by atoms with E-state index in [2.05, 4.69) is 20.1 Å². The fourth-order valence-corrected chi connectivity index (χ4v) is 3.39. The molecule has 10 heteroatoms. The largest absolute Gasteiger partial charge is 0.339 e. The molecule has 0 aliphatic carbocycles. The monoisotopic (exact) mass is 316 g/mol. The van der Waals surface area contributed by atoms with Gasteiger partial charge >= 0.3 is 0 Å². The minimum atomic E-state index is -3.30. The van der Waals surface area contributed by atoms with Crippen molar-refractivity contribution in [2.24, 2.45) is 11.8 Å². The second-order valence-electron chi connectivity index (χ2n) is 5.67. The number of tetrazole rings is 1. The van der Waals surface area contributed by atoms with Crippen molar-refractivity contribution in [3.8, 4) is 0 Å². The van der Waals surface area contributed by atoms with Crippen LogP contribution in [0.4, 0.5) is 0 Å². The van der Waals surface area contributed by atoms with Crippen LogP contribution in [0.2, 0.25) is 0 Å². The molecule has 1 N–H and O–H groups in total. The Hall–Kier alpha value is -1.55. The van der Waals surface area contributed by atoms with E-state index in [-0.39, 0.29) is 30.3 Å². The van der Waals surface area contributed by atoms with E-state index in [9.17, 15) is 13.2 Å². The zero-order valence-corrected chi connectivity index (χ0v) is 13.1. The van der Waals surface area contributed by atoms with Crippen LogP contribution in [0.3, 0.4) is 0 Å². The minimum Gasteiger partial charge on any atom is -0.339 e. The lowest BCUT2D eigenvalue weighted by Gasteiger charge is -2.21. The summed E-state index contributed by atoms with van der Waals surface area (Å²) in [7, 11) is -3.30. The Balaban J connectivity index is 2.04. The van der Waals surface area contributed by atoms with E-state index in [0.717, 1.165) is 6.26 Å². The number of amides is 1. The topological polar surface area (TPSA) is 110 Å². The molecule has 0 unspecified atom stereocenters. The van der Waals surface area contributed by atoms with E-state index in [1.807, 2.05) is 13.8 Å². The molecule has 21 heavy (non-hydrogen) atoms. The van der Waals surface area contributed by atoms with Gasteiger partial charge in [0.1, 0.15) is 6.54 Å². The van der Waals surface area contributed by atoms with Gasteiger partial charge in [-0.1, -0.05) is 13.8 Å². The highest BCUT2D eigenvalue weighted by molar-refractivity contribution is 7.88. The van der Waals surface area contributed by atoms with Gasteiger partial charge in [-0.15, -0.1) is 10.2 Å². The third kappa shape index (κ3) is 4.21. The van der Waals surface area contributed by atoms with E-state index in [0.29, 0.717) is 13.1 Å². The van der Waals surface area contributed by atoms with Crippen LogP contribution in [0.15, 0.2) is 6.33 Å². The summed E-state index contributed by atoms with van der Waals surface area (Å²) in [5, 5.41) is 11.0. The number of likely N-dealkylation sites (tertiary alicyclic amines) is 1. The molecule has 2 atom stereocenters. The van der Waals surface area contributed by atoms with Gasteiger partial charge in [0.2, 0.25) is 15.9 Å². The molecule has 2 rings (SSSR count). The predicted molar refractivity (Wildman–Crippen MR) is 74.5 cm³/mol. The number of carbonyl (C=O) groups excluding carboxylic acids is 1. The molecule has 118 valence electrons. The Morgan fingerprint density at radius 1 is 1.43 bits per heavy atom. The third-order valence-electron chi connectivity index (χ3n) is 3.61. The van der Waals surface area contributed by atoms with Gasteiger partial charge in [0.05, 0.1) is 6.26 Å². The Kier molecular flexibility index (Phi) is 4.57. The van der Waals surface area contributed by atoms with Crippen LogP contribution in [0, 0.1) is 11.8 Å². The molecule has 1 fully saturated rings. The molecule has 2 heterocycles. The first kappa shape index (κ1) is 15.8. The van der Waals surface area contributed by atoms with E-state index >= 15 is 0 Å². The number of nitrogens with one attached hydrogen (secondary N) is 1. The van der Waals surface area contributed by atoms with Crippen molar-refractivity contribution in [3.63, 3.8) is 0 Å². The van der Waals surface area contributed by atoms with Crippen LogP contribution in [0.1, 0.15) is 13.8 Å². The molecule has 9 nitrogen and oxygen atoms in total. The number of carbonyl (C=O) groups is 1. The van der Waals surface area contributed by atoms with Crippen LogP contribution in [0.5, 0.6) is 0 Å². The normalized spacial score (nSPS) is 23.0. The van der Waals surface area contributed by atoms with Crippen LogP contribution >= 0.6 is 0 Å². The predicted octanol–water partition coefficient (Wildman–Crippen LogP) is -1.29. The lowest BCUT2D eigenvalue weighted by molar-refractivity contribution is -0.131. The van der Waals surface area contributed by atoms with E-state index in [4.69, 9.17) is 0 Å². The highest BCUT2D eigenvalue weighted by Gasteiger charge is 2.38. The molecule has 1 aliphatic heterocycles. The molecular formula is C11H20N6O3S. The number of sulfonamides is 1. The van der Waals surface area contributed by atoms with Crippen LogP contribution in [-0.4, -0.2) is 64.8 Å². The Morgan fingerprint density at radius 2 is 2.14 bits per heavy atom. The summed E-state index contributed by atoms with van der Waals surface area (Å²) in [4.78, 5) is 15.1. The highest BCUT2D eigenvalue weighted by Crippen LogP contribution is 2.25. The average Bonchev–Trinajstić information content (AvgIpc) is 2.96. The molecular weight excluding hydrogens is 296 g/mol. The van der Waals surface area contributed by atoms with Crippen molar-refractivity contribution in [2.75, 3.05) is 19.3 Å². The second-order valence-corrected chi connectivity index (χ2v) is 7.45. The van der Waals surface area contributed by atoms with Crippen LogP contribution in [0.25, 0.3) is 0 Å². The second kappa shape index (κ2) is 6.06. The maximum absolute atomic E-state index is 12.2. The fourth-order valence-electron chi connectivity index (χ4n) is 2.59. The van der Waals surface area contributed by atoms with Gasteiger partial charge in [-0.05, 0) is 17.0 Å². The Bertz CT molecular complexity index is 585. The van der Waals surface area contributed by atoms with E-state index in [1.54, 1.807) is 4.90 Å². The van der Waals surface area contributed by atoms with Gasteiger partial charge in [0.25, 0.3) is 0 Å². The van der Waals surface area contributed by atoms with Crippen molar-refractivity contribution in [2.45, 2.75) is 26.4 Å². The molecule has 1 saturated heterocycles. The van der Waals surface area contributed by atoms with Gasteiger partial charge in [-0.2, -0.15) is 4.80 Å². The third-order valence-corrected chi connectivity index (χ3v) is 4.34. The number of rotatable bonds is 5. The van der Waals surface area contributed by atoms with Gasteiger partial charge in [-0.3, -0.25) is 4.79 Å². The molecule has 1 aromatic heterocycles. The van der Waals surface area contributed by atoms with Gasteiger partial charge in [-0.25, -0.2) is 13.1 Å². The zero-order chi connectivity index (χ0) is 15.6. The minimum absolute atomic E-state index is 0.0103. The van der Waals surface area contributed by atoms with Crippen molar-refractivity contribution >= 4 is 15.9 Å². The van der Waals surface area contributed by atoms with Crippen LogP contribution in [-0.2, 0) is 21.4 Å². The van der Waals surface area contributed by atoms with E-state index in [1.165, 1.54) is 11.1 Å². The summed E-state index contributed by atoms with van der Waals surface area (Å²) >= 11 is 0. The van der Waals surface area contributed by atoms with Gasteiger partial charge in [0.15, 0.2) is 6.33 Å². The van der Waals surface area contributed by atoms with Gasteiger partial charge in [0, 0.05) is 19.1 Å². The number of hydrogen-bond donors (Lipinski definition) is 1. The van der Waals surface area contributed by atoms with Crippen molar-refractivity contribution in [1.82, 2.24) is 29.8 Å². The molecule has 0 spiro atoms. The smallest absolute Gasteiger partial charge is 0.246 e. The number of nitrogens with zero attached hydrogens (tertiary/aromatic N) is 5. The van der Waals surface area contributed by atoms with Crippen molar-refractivity contribution < 1.29 is 13.2 Å². The van der Waals surface area contributed by atoms with Gasteiger partial charge < -0.3 is 4.90 Å². The van der Waals surface area contributed by atoms with Crippen LogP contribution < -0.4 is 4.72 Å². The van der Waals surface area contributed by atoms with Crippen molar-refractivity contribution in [3.05, 3.63) is 6.33 Å². The highest BCUT2D eigenvalue weighted by atomic mass is 32.2. The molecule has 1 amide bonds. The number of hydrogen-bond acceptors (Lipinski definition) is 6. The quantitative estimate of drug-likeness (QED) is 0.723. The maximum atomic E-state index is 12.2. The summed E-state index contributed by atoms with van der Waals surface area (Å²) < 4.78 is 25.5. The average molecular weight is 316 g/mol.